The molecule has 1 saturated heterocycles. The summed E-state index contributed by atoms with van der Waals surface area (Å²) in [5, 5.41) is 0. The Morgan fingerprint density at radius 1 is 1.05 bits per heavy atom. The van der Waals surface area contributed by atoms with Crippen molar-refractivity contribution in [2.75, 3.05) is 26.4 Å². The lowest BCUT2D eigenvalue weighted by molar-refractivity contribution is -0.152. The highest BCUT2D eigenvalue weighted by atomic mass is 16.5. The van der Waals surface area contributed by atoms with Crippen molar-refractivity contribution in [1.82, 2.24) is 0 Å². The molecule has 2 fully saturated rings. The largest absolute Gasteiger partial charge is 0.380 e. The summed E-state index contributed by atoms with van der Waals surface area (Å²) in [4.78, 5) is 0. The van der Waals surface area contributed by atoms with Crippen molar-refractivity contribution < 1.29 is 9.47 Å². The summed E-state index contributed by atoms with van der Waals surface area (Å²) in [6.45, 7) is 10.4. The predicted octanol–water partition coefficient (Wildman–Crippen LogP) is 5.21. The van der Waals surface area contributed by atoms with Gasteiger partial charge in [0.15, 0.2) is 0 Å². The van der Waals surface area contributed by atoms with E-state index in [4.69, 9.17) is 9.47 Å². The molecule has 1 atom stereocenters. The van der Waals surface area contributed by atoms with E-state index in [0.717, 1.165) is 32.3 Å². The first-order chi connectivity index (χ1) is 9.76. The zero-order valence-electron chi connectivity index (χ0n) is 14.1. The molecular weight excluding hydrogens is 248 g/mol. The minimum Gasteiger partial charge on any atom is -0.380 e. The summed E-state index contributed by atoms with van der Waals surface area (Å²) in [6.07, 6.45) is 12.4. The van der Waals surface area contributed by atoms with Gasteiger partial charge in [0.05, 0.1) is 19.8 Å². The SMILES string of the molecule is C1CCC1.CCCCC(CC)COCC1(CC)COC1. The molecule has 120 valence electrons. The predicted molar refractivity (Wildman–Crippen MR) is 86.1 cm³/mol. The van der Waals surface area contributed by atoms with Crippen LogP contribution < -0.4 is 0 Å². The summed E-state index contributed by atoms with van der Waals surface area (Å²) in [7, 11) is 0. The fourth-order valence-corrected chi connectivity index (χ4v) is 2.37. The van der Waals surface area contributed by atoms with Gasteiger partial charge in [-0.25, -0.2) is 0 Å². The van der Waals surface area contributed by atoms with E-state index in [0.29, 0.717) is 5.41 Å². The molecule has 0 bridgehead atoms. The lowest BCUT2D eigenvalue weighted by atomic mass is 9.84. The molecule has 1 unspecified atom stereocenters. The molecule has 20 heavy (non-hydrogen) atoms. The van der Waals surface area contributed by atoms with Crippen molar-refractivity contribution in [3.63, 3.8) is 0 Å². The fraction of sp³-hybridized carbons (Fsp3) is 1.00. The van der Waals surface area contributed by atoms with Crippen LogP contribution in [0.25, 0.3) is 0 Å². The molecule has 0 spiro atoms. The Bertz CT molecular complexity index is 210. The Hall–Kier alpha value is -0.0800. The van der Waals surface area contributed by atoms with Crippen LogP contribution in [-0.4, -0.2) is 26.4 Å². The van der Waals surface area contributed by atoms with Crippen LogP contribution in [0.3, 0.4) is 0 Å². The quantitative estimate of drug-likeness (QED) is 0.579. The monoisotopic (exact) mass is 284 g/mol. The van der Waals surface area contributed by atoms with Gasteiger partial charge in [-0.3, -0.25) is 0 Å². The molecule has 2 heteroatoms. The summed E-state index contributed by atoms with van der Waals surface area (Å²) in [5.41, 5.74) is 0.350. The van der Waals surface area contributed by atoms with E-state index in [1.807, 2.05) is 0 Å². The third-order valence-corrected chi connectivity index (χ3v) is 4.87. The first-order valence-electron chi connectivity index (χ1n) is 8.91. The topological polar surface area (TPSA) is 18.5 Å². The molecule has 0 amide bonds. The van der Waals surface area contributed by atoms with Crippen LogP contribution in [0, 0.1) is 11.3 Å². The van der Waals surface area contributed by atoms with E-state index in [1.54, 1.807) is 0 Å². The summed E-state index contributed by atoms with van der Waals surface area (Å²) >= 11 is 0. The lowest BCUT2D eigenvalue weighted by Gasteiger charge is -2.40. The maximum Gasteiger partial charge on any atom is 0.0566 e. The van der Waals surface area contributed by atoms with Crippen LogP contribution in [0.4, 0.5) is 0 Å². The van der Waals surface area contributed by atoms with Crippen molar-refractivity contribution >= 4 is 0 Å². The first-order valence-corrected chi connectivity index (χ1v) is 8.91. The van der Waals surface area contributed by atoms with Gasteiger partial charge in [-0.2, -0.15) is 0 Å². The van der Waals surface area contributed by atoms with E-state index < -0.39 is 0 Å². The summed E-state index contributed by atoms with van der Waals surface area (Å²) in [5.74, 6) is 0.759. The highest BCUT2D eigenvalue weighted by molar-refractivity contribution is 4.84. The minimum absolute atomic E-state index is 0.350. The normalized spacial score (nSPS) is 21.1. The molecule has 2 nitrogen and oxygen atoms in total. The zero-order valence-corrected chi connectivity index (χ0v) is 14.1. The van der Waals surface area contributed by atoms with Crippen LogP contribution in [0.15, 0.2) is 0 Å². The van der Waals surface area contributed by atoms with Crippen molar-refractivity contribution in [2.24, 2.45) is 11.3 Å². The van der Waals surface area contributed by atoms with Crippen LogP contribution in [0.2, 0.25) is 0 Å². The van der Waals surface area contributed by atoms with E-state index in [9.17, 15) is 0 Å². The number of hydrogen-bond donors (Lipinski definition) is 0. The number of unbranched alkanes of at least 4 members (excludes halogenated alkanes) is 1. The van der Waals surface area contributed by atoms with Gasteiger partial charge in [-0.15, -0.1) is 0 Å². The molecule has 1 aliphatic heterocycles. The van der Waals surface area contributed by atoms with Gasteiger partial charge < -0.3 is 9.47 Å². The van der Waals surface area contributed by atoms with Crippen molar-refractivity contribution in [3.05, 3.63) is 0 Å². The van der Waals surface area contributed by atoms with E-state index in [2.05, 4.69) is 20.8 Å². The molecule has 2 aliphatic rings. The second kappa shape index (κ2) is 10.6. The molecule has 1 saturated carbocycles. The molecule has 2 rings (SSSR count). The van der Waals surface area contributed by atoms with Gasteiger partial charge in [0.25, 0.3) is 0 Å². The van der Waals surface area contributed by atoms with Gasteiger partial charge in [-0.05, 0) is 18.8 Å². The van der Waals surface area contributed by atoms with Crippen LogP contribution in [0.1, 0.15) is 78.6 Å². The highest BCUT2D eigenvalue weighted by Crippen LogP contribution is 2.31. The van der Waals surface area contributed by atoms with Gasteiger partial charge in [-0.1, -0.05) is 65.7 Å². The zero-order chi connectivity index (χ0) is 14.7. The number of ether oxygens (including phenoxy) is 2. The standard InChI is InChI=1S/C14H28O2.C4H8/c1-4-7-8-13(5-2)9-15-10-14(6-3)11-16-12-14;1-2-4-3-1/h13H,4-12H2,1-3H3;1-4H2. The van der Waals surface area contributed by atoms with E-state index >= 15 is 0 Å². The maximum atomic E-state index is 5.90. The molecule has 0 N–H and O–H groups in total. The van der Waals surface area contributed by atoms with Crippen LogP contribution in [0.5, 0.6) is 0 Å². The smallest absolute Gasteiger partial charge is 0.0566 e. The van der Waals surface area contributed by atoms with Gasteiger partial charge >= 0.3 is 0 Å². The van der Waals surface area contributed by atoms with Gasteiger partial charge in [0, 0.05) is 12.0 Å². The van der Waals surface area contributed by atoms with Crippen molar-refractivity contribution in [3.8, 4) is 0 Å². The number of rotatable bonds is 9. The summed E-state index contributed by atoms with van der Waals surface area (Å²) < 4.78 is 11.2. The Morgan fingerprint density at radius 3 is 2.05 bits per heavy atom. The Kier molecular flexibility index (Phi) is 9.54. The summed E-state index contributed by atoms with van der Waals surface area (Å²) in [6, 6.07) is 0. The molecular formula is C18H36O2. The Labute approximate surface area is 126 Å². The van der Waals surface area contributed by atoms with Crippen LogP contribution in [-0.2, 0) is 9.47 Å². The third-order valence-electron chi connectivity index (χ3n) is 4.87. The second-order valence-electron chi connectivity index (χ2n) is 6.69. The average molecular weight is 284 g/mol. The maximum absolute atomic E-state index is 5.90. The van der Waals surface area contributed by atoms with E-state index in [1.165, 1.54) is 57.8 Å². The molecule has 0 aromatic rings. The minimum atomic E-state index is 0.350. The van der Waals surface area contributed by atoms with Crippen LogP contribution >= 0.6 is 0 Å². The second-order valence-corrected chi connectivity index (χ2v) is 6.69. The third kappa shape index (κ3) is 6.58. The van der Waals surface area contributed by atoms with Gasteiger partial charge in [0.2, 0.25) is 0 Å². The van der Waals surface area contributed by atoms with Gasteiger partial charge in [0.1, 0.15) is 0 Å². The fourth-order valence-electron chi connectivity index (χ4n) is 2.37. The first kappa shape index (κ1) is 18.0. The molecule has 0 radical (unpaired) electrons. The highest BCUT2D eigenvalue weighted by Gasteiger charge is 2.37. The average Bonchev–Trinajstić information content (AvgIpc) is 2.34. The van der Waals surface area contributed by atoms with Crippen molar-refractivity contribution in [1.29, 1.82) is 0 Å². The Balaban J connectivity index is 0.000000425. The van der Waals surface area contributed by atoms with E-state index in [-0.39, 0.29) is 0 Å². The molecule has 0 aromatic carbocycles. The molecule has 1 aliphatic carbocycles. The molecule has 1 heterocycles. The number of hydrogen-bond acceptors (Lipinski definition) is 2. The van der Waals surface area contributed by atoms with Crippen molar-refractivity contribution in [2.45, 2.75) is 78.6 Å². The molecule has 0 aromatic heterocycles. The Morgan fingerprint density at radius 2 is 1.70 bits per heavy atom. The lowest BCUT2D eigenvalue weighted by Crippen LogP contribution is -2.46.